The van der Waals surface area contributed by atoms with E-state index in [4.69, 9.17) is 9.47 Å². The van der Waals surface area contributed by atoms with Crippen LogP contribution in [0.4, 0.5) is 4.39 Å². The molecule has 0 spiro atoms. The van der Waals surface area contributed by atoms with Crippen molar-refractivity contribution in [2.75, 3.05) is 26.7 Å². The van der Waals surface area contributed by atoms with Crippen LogP contribution in [0.1, 0.15) is 39.4 Å². The fourth-order valence-electron chi connectivity index (χ4n) is 2.85. The summed E-state index contributed by atoms with van der Waals surface area (Å²) in [5, 5.41) is 3.05. The summed E-state index contributed by atoms with van der Waals surface area (Å²) in [6, 6.07) is 6.32. The smallest absolute Gasteiger partial charge is 0.325 e. The van der Waals surface area contributed by atoms with Gasteiger partial charge in [0, 0.05) is 13.6 Å². The zero-order valence-corrected chi connectivity index (χ0v) is 18.8. The molecule has 1 aliphatic heterocycles. The Morgan fingerprint density at radius 2 is 1.96 bits per heavy atom. The van der Waals surface area contributed by atoms with Crippen molar-refractivity contribution in [2.24, 2.45) is 4.99 Å². The molecule has 0 saturated carbocycles. The monoisotopic (exact) mass is 493 g/mol. The van der Waals surface area contributed by atoms with Gasteiger partial charge in [-0.25, -0.2) is 4.39 Å². The summed E-state index contributed by atoms with van der Waals surface area (Å²) in [5.74, 6) is -0.00235. The number of morpholine rings is 1. The zero-order chi connectivity index (χ0) is 19.3. The lowest BCUT2D eigenvalue weighted by atomic mass is 10.1. The number of carbonyl (C=O) groups excluding carboxylic acids is 1. The zero-order valence-electron chi connectivity index (χ0n) is 16.5. The Bertz CT molecular complexity index is 647. The van der Waals surface area contributed by atoms with Gasteiger partial charge < -0.3 is 19.7 Å². The lowest BCUT2D eigenvalue weighted by molar-refractivity contribution is -0.153. The first-order valence-electron chi connectivity index (χ1n) is 8.76. The van der Waals surface area contributed by atoms with E-state index in [0.29, 0.717) is 19.0 Å². The standard InChI is InChI=1S/C19H28FN3O3.HI/c1-13-11-23(12-16(25-13)14-6-8-15(20)9-7-14)18(21-5)22-10-17(24)26-19(2,3)4;/h6-9,13,16H,10-12H2,1-5H3,(H,21,22);1H. The molecule has 1 heterocycles. The Kier molecular flexibility index (Phi) is 8.93. The molecule has 1 fully saturated rings. The van der Waals surface area contributed by atoms with Crippen LogP contribution in [0, 0.1) is 5.82 Å². The number of ether oxygens (including phenoxy) is 2. The Morgan fingerprint density at radius 1 is 1.33 bits per heavy atom. The van der Waals surface area contributed by atoms with Crippen LogP contribution in [0.5, 0.6) is 0 Å². The molecule has 1 aromatic rings. The molecule has 1 aliphatic rings. The third-order valence-electron chi connectivity index (χ3n) is 3.82. The van der Waals surface area contributed by atoms with E-state index in [2.05, 4.69) is 10.3 Å². The van der Waals surface area contributed by atoms with E-state index in [9.17, 15) is 9.18 Å². The number of nitrogens with zero attached hydrogens (tertiary/aromatic N) is 2. The molecule has 8 heteroatoms. The molecule has 0 bridgehead atoms. The second kappa shape index (κ2) is 10.2. The number of aliphatic imine (C=N–C) groups is 1. The Morgan fingerprint density at radius 3 is 2.52 bits per heavy atom. The van der Waals surface area contributed by atoms with E-state index in [0.717, 1.165) is 5.56 Å². The average Bonchev–Trinajstić information content (AvgIpc) is 2.54. The van der Waals surface area contributed by atoms with E-state index in [1.54, 1.807) is 19.2 Å². The maximum Gasteiger partial charge on any atom is 0.325 e. The molecule has 0 radical (unpaired) electrons. The highest BCUT2D eigenvalue weighted by atomic mass is 127. The second-order valence-corrected chi connectivity index (χ2v) is 7.38. The van der Waals surface area contributed by atoms with E-state index in [1.165, 1.54) is 12.1 Å². The van der Waals surface area contributed by atoms with Gasteiger partial charge in [0.15, 0.2) is 5.96 Å². The Labute approximate surface area is 177 Å². The molecule has 0 aromatic heterocycles. The summed E-state index contributed by atoms with van der Waals surface area (Å²) in [7, 11) is 1.67. The van der Waals surface area contributed by atoms with Gasteiger partial charge in [0.2, 0.25) is 0 Å². The molecule has 2 unspecified atom stereocenters. The highest BCUT2D eigenvalue weighted by Crippen LogP contribution is 2.25. The van der Waals surface area contributed by atoms with Gasteiger partial charge in [-0.1, -0.05) is 12.1 Å². The largest absolute Gasteiger partial charge is 0.459 e. The van der Waals surface area contributed by atoms with Gasteiger partial charge >= 0.3 is 5.97 Å². The molecular weight excluding hydrogens is 464 g/mol. The fraction of sp³-hybridized carbons (Fsp3) is 0.579. The van der Waals surface area contributed by atoms with Crippen LogP contribution < -0.4 is 5.32 Å². The van der Waals surface area contributed by atoms with Gasteiger partial charge in [0.05, 0.1) is 12.6 Å². The molecule has 1 N–H and O–H groups in total. The molecule has 2 atom stereocenters. The van der Waals surface area contributed by atoms with Gasteiger partial charge in [-0.2, -0.15) is 0 Å². The molecule has 0 aliphatic carbocycles. The molecule has 2 rings (SSSR count). The third kappa shape index (κ3) is 7.61. The molecule has 0 amide bonds. The Hall–Kier alpha value is -1.42. The minimum atomic E-state index is -0.524. The molecule has 6 nitrogen and oxygen atoms in total. The highest BCUT2D eigenvalue weighted by Gasteiger charge is 2.28. The number of rotatable bonds is 3. The summed E-state index contributed by atoms with van der Waals surface area (Å²) in [6.45, 7) is 8.71. The number of nitrogens with one attached hydrogen (secondary N) is 1. The van der Waals surface area contributed by atoms with Crippen molar-refractivity contribution in [3.8, 4) is 0 Å². The van der Waals surface area contributed by atoms with E-state index >= 15 is 0 Å². The van der Waals surface area contributed by atoms with Crippen molar-refractivity contribution >= 4 is 35.9 Å². The summed E-state index contributed by atoms with van der Waals surface area (Å²) < 4.78 is 24.5. The molecule has 1 saturated heterocycles. The van der Waals surface area contributed by atoms with Crippen LogP contribution in [0.25, 0.3) is 0 Å². The number of guanidine groups is 1. The molecule has 152 valence electrons. The third-order valence-corrected chi connectivity index (χ3v) is 3.82. The molecule has 27 heavy (non-hydrogen) atoms. The van der Waals surface area contributed by atoms with Crippen molar-refractivity contribution < 1.29 is 18.7 Å². The number of halogens is 2. The molecule has 1 aromatic carbocycles. The van der Waals surface area contributed by atoms with Crippen molar-refractivity contribution in [1.82, 2.24) is 10.2 Å². The predicted molar refractivity (Wildman–Crippen MR) is 114 cm³/mol. The second-order valence-electron chi connectivity index (χ2n) is 7.38. The quantitative estimate of drug-likeness (QED) is 0.304. The minimum Gasteiger partial charge on any atom is -0.459 e. The first-order valence-corrected chi connectivity index (χ1v) is 8.76. The van der Waals surface area contributed by atoms with E-state index < -0.39 is 5.60 Å². The summed E-state index contributed by atoms with van der Waals surface area (Å²) in [5.41, 5.74) is 0.384. The van der Waals surface area contributed by atoms with E-state index in [1.807, 2.05) is 32.6 Å². The number of benzene rings is 1. The number of hydrogen-bond donors (Lipinski definition) is 1. The predicted octanol–water partition coefficient (Wildman–Crippen LogP) is 3.12. The van der Waals surface area contributed by atoms with Crippen LogP contribution in [-0.2, 0) is 14.3 Å². The first kappa shape index (κ1) is 23.6. The van der Waals surface area contributed by atoms with Crippen LogP contribution in [-0.4, -0.2) is 55.2 Å². The van der Waals surface area contributed by atoms with Crippen LogP contribution in [0.2, 0.25) is 0 Å². The van der Waals surface area contributed by atoms with Gasteiger partial charge in [0.1, 0.15) is 24.1 Å². The number of esters is 1. The van der Waals surface area contributed by atoms with E-state index in [-0.39, 0.29) is 54.5 Å². The van der Waals surface area contributed by atoms with Crippen LogP contribution >= 0.6 is 24.0 Å². The summed E-state index contributed by atoms with van der Waals surface area (Å²) in [4.78, 5) is 18.2. The average molecular weight is 493 g/mol. The maximum atomic E-state index is 13.2. The topological polar surface area (TPSA) is 63.2 Å². The SMILES string of the molecule is CN=C(NCC(=O)OC(C)(C)C)N1CC(C)OC(c2ccc(F)cc2)C1.I. The molecular formula is C19H29FIN3O3. The van der Waals surface area contributed by atoms with Crippen molar-refractivity contribution in [2.45, 2.75) is 45.5 Å². The summed E-state index contributed by atoms with van der Waals surface area (Å²) in [6.07, 6.45) is -0.224. The lowest BCUT2D eigenvalue weighted by Gasteiger charge is -2.38. The number of carbonyl (C=O) groups is 1. The van der Waals surface area contributed by atoms with Crippen molar-refractivity contribution in [3.05, 3.63) is 35.6 Å². The van der Waals surface area contributed by atoms with Crippen LogP contribution in [0.3, 0.4) is 0 Å². The maximum absolute atomic E-state index is 13.2. The van der Waals surface area contributed by atoms with Crippen molar-refractivity contribution in [3.63, 3.8) is 0 Å². The van der Waals surface area contributed by atoms with Crippen LogP contribution in [0.15, 0.2) is 29.3 Å². The lowest BCUT2D eigenvalue weighted by Crippen LogP contribution is -2.51. The van der Waals surface area contributed by atoms with Gasteiger partial charge in [0.25, 0.3) is 0 Å². The Balaban J connectivity index is 0.00000364. The first-order chi connectivity index (χ1) is 12.2. The van der Waals surface area contributed by atoms with Crippen molar-refractivity contribution in [1.29, 1.82) is 0 Å². The van der Waals surface area contributed by atoms with Gasteiger partial charge in [-0.15, -0.1) is 24.0 Å². The van der Waals surface area contributed by atoms with Gasteiger partial charge in [-0.3, -0.25) is 9.79 Å². The summed E-state index contributed by atoms with van der Waals surface area (Å²) >= 11 is 0. The van der Waals surface area contributed by atoms with Gasteiger partial charge in [-0.05, 0) is 45.4 Å². The minimum absolute atomic E-state index is 0. The number of hydrogen-bond acceptors (Lipinski definition) is 4. The highest BCUT2D eigenvalue weighted by molar-refractivity contribution is 14.0. The normalized spacial score (nSPS) is 20.7. The fourth-order valence-corrected chi connectivity index (χ4v) is 2.85.